The molecule has 0 bridgehead atoms. The second-order valence-corrected chi connectivity index (χ2v) is 3.71. The van der Waals surface area contributed by atoms with E-state index in [1.165, 1.54) is 24.3 Å². The molecule has 0 aliphatic rings. The maximum atomic E-state index is 10.5. The third kappa shape index (κ3) is 4.02. The van der Waals surface area contributed by atoms with Crippen LogP contribution in [0.1, 0.15) is 20.7 Å². The number of phenols is 1. The SMILES string of the molecule is Nc1ccccc1O.O=C(O)c1ccccc1C(=O)O. The molecule has 2 aromatic carbocycles. The van der Waals surface area contributed by atoms with Crippen molar-refractivity contribution in [3.05, 3.63) is 59.7 Å². The predicted molar refractivity (Wildman–Crippen MR) is 72.9 cm³/mol. The van der Waals surface area contributed by atoms with Crippen LogP contribution in [0.15, 0.2) is 48.5 Å². The third-order valence-electron chi connectivity index (χ3n) is 2.32. The Bertz CT molecular complexity index is 570. The summed E-state index contributed by atoms with van der Waals surface area (Å²) in [6.07, 6.45) is 0. The molecule has 0 heterocycles. The molecule has 5 N–H and O–H groups in total. The van der Waals surface area contributed by atoms with Crippen molar-refractivity contribution < 1.29 is 24.9 Å². The first-order valence-electron chi connectivity index (χ1n) is 5.52. The molecule has 6 heteroatoms. The van der Waals surface area contributed by atoms with Gasteiger partial charge in [-0.05, 0) is 24.3 Å². The monoisotopic (exact) mass is 275 g/mol. The van der Waals surface area contributed by atoms with Crippen LogP contribution < -0.4 is 5.73 Å². The zero-order valence-electron chi connectivity index (χ0n) is 10.4. The minimum atomic E-state index is -1.23. The Balaban J connectivity index is 0.000000217. The molecule has 2 aromatic rings. The minimum Gasteiger partial charge on any atom is -0.506 e. The number of benzene rings is 2. The number of carboxylic acids is 2. The molecule has 0 unspecified atom stereocenters. The summed E-state index contributed by atoms with van der Waals surface area (Å²) in [4.78, 5) is 20.9. The number of phenolic OH excluding ortho intramolecular Hbond substituents is 1. The van der Waals surface area contributed by atoms with Gasteiger partial charge in [-0.3, -0.25) is 0 Å². The van der Waals surface area contributed by atoms with Gasteiger partial charge in [0.25, 0.3) is 0 Å². The number of carboxylic acid groups (broad SMARTS) is 2. The Kier molecular flexibility index (Phi) is 5.11. The summed E-state index contributed by atoms with van der Waals surface area (Å²) < 4.78 is 0. The fourth-order valence-corrected chi connectivity index (χ4v) is 1.34. The summed E-state index contributed by atoms with van der Waals surface area (Å²) in [5.74, 6) is -2.31. The summed E-state index contributed by atoms with van der Waals surface area (Å²) >= 11 is 0. The van der Waals surface area contributed by atoms with Crippen LogP contribution >= 0.6 is 0 Å². The van der Waals surface area contributed by atoms with Crippen molar-refractivity contribution in [3.63, 3.8) is 0 Å². The number of anilines is 1. The lowest BCUT2D eigenvalue weighted by Crippen LogP contribution is -2.06. The van der Waals surface area contributed by atoms with Crippen LogP contribution in [0.5, 0.6) is 5.75 Å². The largest absolute Gasteiger partial charge is 0.506 e. The number of para-hydroxylation sites is 2. The number of aromatic hydroxyl groups is 1. The second kappa shape index (κ2) is 6.79. The molecule has 2 rings (SSSR count). The van der Waals surface area contributed by atoms with Crippen molar-refractivity contribution in [3.8, 4) is 5.75 Å². The van der Waals surface area contributed by atoms with Crippen LogP contribution in [0.4, 0.5) is 5.69 Å². The van der Waals surface area contributed by atoms with Crippen molar-refractivity contribution in [2.24, 2.45) is 0 Å². The number of carbonyl (C=O) groups is 2. The molecule has 104 valence electrons. The van der Waals surface area contributed by atoms with E-state index in [9.17, 15) is 9.59 Å². The van der Waals surface area contributed by atoms with Gasteiger partial charge in [-0.15, -0.1) is 0 Å². The fourth-order valence-electron chi connectivity index (χ4n) is 1.34. The number of hydrogen-bond donors (Lipinski definition) is 4. The Morgan fingerprint density at radius 2 is 1.20 bits per heavy atom. The highest BCUT2D eigenvalue weighted by molar-refractivity contribution is 6.01. The van der Waals surface area contributed by atoms with Crippen LogP contribution in [-0.2, 0) is 0 Å². The van der Waals surface area contributed by atoms with Crippen molar-refractivity contribution >= 4 is 17.6 Å². The average Bonchev–Trinajstić information content (AvgIpc) is 2.43. The first-order valence-corrected chi connectivity index (χ1v) is 5.52. The van der Waals surface area contributed by atoms with Crippen LogP contribution in [-0.4, -0.2) is 27.3 Å². The van der Waals surface area contributed by atoms with Gasteiger partial charge in [-0.25, -0.2) is 9.59 Å². The van der Waals surface area contributed by atoms with Crippen molar-refractivity contribution in [1.82, 2.24) is 0 Å². The number of nitrogens with two attached hydrogens (primary N) is 1. The van der Waals surface area contributed by atoms with Gasteiger partial charge < -0.3 is 21.1 Å². The first-order chi connectivity index (χ1) is 9.43. The molecule has 0 atom stereocenters. The van der Waals surface area contributed by atoms with Crippen molar-refractivity contribution in [2.75, 3.05) is 5.73 Å². The zero-order valence-corrected chi connectivity index (χ0v) is 10.4. The van der Waals surface area contributed by atoms with Crippen LogP contribution in [0.25, 0.3) is 0 Å². The molecule has 0 amide bonds. The summed E-state index contributed by atoms with van der Waals surface area (Å²) in [7, 11) is 0. The van der Waals surface area contributed by atoms with E-state index >= 15 is 0 Å². The Morgan fingerprint density at radius 1 is 0.800 bits per heavy atom. The number of aromatic carboxylic acids is 2. The van der Waals surface area contributed by atoms with Gasteiger partial charge in [-0.1, -0.05) is 24.3 Å². The van der Waals surface area contributed by atoms with E-state index in [2.05, 4.69) is 0 Å². The molecule has 0 radical (unpaired) electrons. The fraction of sp³-hybridized carbons (Fsp3) is 0. The topological polar surface area (TPSA) is 121 Å². The molecule has 6 nitrogen and oxygen atoms in total. The van der Waals surface area contributed by atoms with E-state index in [4.69, 9.17) is 21.1 Å². The second-order valence-electron chi connectivity index (χ2n) is 3.71. The van der Waals surface area contributed by atoms with Crippen LogP contribution in [0.2, 0.25) is 0 Å². The molecular weight excluding hydrogens is 262 g/mol. The number of rotatable bonds is 2. The molecule has 0 saturated carbocycles. The van der Waals surface area contributed by atoms with Crippen molar-refractivity contribution in [2.45, 2.75) is 0 Å². The third-order valence-corrected chi connectivity index (χ3v) is 2.32. The molecule has 0 spiro atoms. The van der Waals surface area contributed by atoms with E-state index < -0.39 is 11.9 Å². The lowest BCUT2D eigenvalue weighted by Gasteiger charge is -1.98. The van der Waals surface area contributed by atoms with Gasteiger partial charge in [0.15, 0.2) is 0 Å². The lowest BCUT2D eigenvalue weighted by atomic mass is 10.1. The van der Waals surface area contributed by atoms with Gasteiger partial charge in [0.05, 0.1) is 16.8 Å². The molecule has 0 fully saturated rings. The summed E-state index contributed by atoms with van der Waals surface area (Å²) in [5.41, 5.74) is 5.31. The Labute approximate surface area is 114 Å². The highest BCUT2D eigenvalue weighted by Crippen LogP contribution is 2.16. The van der Waals surface area contributed by atoms with E-state index in [1.54, 1.807) is 24.3 Å². The standard InChI is InChI=1S/C8H6O4.C6H7NO/c9-7(10)5-3-1-2-4-6(5)8(11)12;7-5-3-1-2-4-6(5)8/h1-4H,(H,9,10)(H,11,12);1-4,8H,7H2. The molecule has 20 heavy (non-hydrogen) atoms. The molecule has 0 saturated heterocycles. The van der Waals surface area contributed by atoms with E-state index in [1.807, 2.05) is 0 Å². The highest BCUT2D eigenvalue weighted by Gasteiger charge is 2.13. The smallest absolute Gasteiger partial charge is 0.336 e. The van der Waals surface area contributed by atoms with Gasteiger partial charge in [-0.2, -0.15) is 0 Å². The van der Waals surface area contributed by atoms with Crippen LogP contribution in [0.3, 0.4) is 0 Å². The minimum absolute atomic E-state index is 0.146. The molecule has 0 aromatic heterocycles. The van der Waals surface area contributed by atoms with E-state index in [0.29, 0.717) is 5.69 Å². The van der Waals surface area contributed by atoms with Gasteiger partial charge in [0.1, 0.15) is 5.75 Å². The summed E-state index contributed by atoms with van der Waals surface area (Å²) in [6, 6.07) is 12.2. The lowest BCUT2D eigenvalue weighted by molar-refractivity contribution is 0.0651. The first kappa shape index (κ1) is 15.0. The maximum absolute atomic E-state index is 10.5. The highest BCUT2D eigenvalue weighted by atomic mass is 16.4. The average molecular weight is 275 g/mol. The summed E-state index contributed by atoms with van der Waals surface area (Å²) in [6.45, 7) is 0. The van der Waals surface area contributed by atoms with Gasteiger partial charge in [0.2, 0.25) is 0 Å². The van der Waals surface area contributed by atoms with Crippen molar-refractivity contribution in [1.29, 1.82) is 0 Å². The summed E-state index contributed by atoms with van der Waals surface area (Å²) in [5, 5.41) is 25.9. The van der Waals surface area contributed by atoms with Gasteiger partial charge in [0, 0.05) is 0 Å². The zero-order chi connectivity index (χ0) is 15.1. The molecular formula is C14H13NO5. The quantitative estimate of drug-likeness (QED) is 0.491. The van der Waals surface area contributed by atoms with E-state index in [0.717, 1.165) is 0 Å². The Hall–Kier alpha value is -3.02. The Morgan fingerprint density at radius 3 is 1.50 bits per heavy atom. The van der Waals surface area contributed by atoms with E-state index in [-0.39, 0.29) is 16.9 Å². The normalized spacial score (nSPS) is 9.20. The molecule has 0 aliphatic heterocycles. The van der Waals surface area contributed by atoms with Gasteiger partial charge >= 0.3 is 11.9 Å². The molecule has 0 aliphatic carbocycles. The van der Waals surface area contributed by atoms with Crippen LogP contribution in [0, 0.1) is 0 Å². The predicted octanol–water partition coefficient (Wildman–Crippen LogP) is 2.06. The number of hydrogen-bond acceptors (Lipinski definition) is 4. The maximum Gasteiger partial charge on any atom is 0.336 e. The number of nitrogen functional groups attached to an aromatic ring is 1.